The van der Waals surface area contributed by atoms with Gasteiger partial charge in [-0.1, -0.05) is 12.1 Å². The van der Waals surface area contributed by atoms with Crippen LogP contribution in [0.25, 0.3) is 0 Å². The quantitative estimate of drug-likeness (QED) is 0.563. The number of hydrogen-bond donors (Lipinski definition) is 0. The molecule has 0 fully saturated rings. The normalized spacial score (nSPS) is 11.8. The van der Waals surface area contributed by atoms with Crippen LogP contribution in [0.4, 0.5) is 8.78 Å². The lowest BCUT2D eigenvalue weighted by atomic mass is 10.3. The number of rotatable bonds is 3. The van der Waals surface area contributed by atoms with Gasteiger partial charge in [-0.05, 0) is 24.3 Å². The number of benzene rings is 2. The highest BCUT2D eigenvalue weighted by molar-refractivity contribution is 5.51. The van der Waals surface area contributed by atoms with Crippen LogP contribution in [0, 0.1) is 11.6 Å². The Morgan fingerprint density at radius 1 is 0.875 bits per heavy atom. The smallest absolute Gasteiger partial charge is 0.282 e. The van der Waals surface area contributed by atoms with Crippen LogP contribution in [0.5, 0.6) is 28.9 Å². The van der Waals surface area contributed by atoms with Gasteiger partial charge in [0.05, 0.1) is 0 Å². The molecule has 7 heteroatoms. The summed E-state index contributed by atoms with van der Waals surface area (Å²) in [4.78, 5) is 0. The molecule has 0 unspecified atom stereocenters. The minimum absolute atomic E-state index is 0.0478. The molecule has 0 spiro atoms. The largest absolute Gasteiger partial charge is 0.484 e. The lowest BCUT2D eigenvalue weighted by Gasteiger charge is -2.19. The lowest BCUT2D eigenvalue weighted by molar-refractivity contribution is 0.279. The molecule has 0 saturated heterocycles. The Kier molecular flexibility index (Phi) is 3.45. The van der Waals surface area contributed by atoms with Gasteiger partial charge < -0.3 is 14.2 Å². The summed E-state index contributed by atoms with van der Waals surface area (Å²) in [6.07, 6.45) is 0. The molecule has 1 aromatic heterocycles. The first-order chi connectivity index (χ1) is 11.7. The molecule has 0 bridgehead atoms. The molecule has 2 heterocycles. The Hall–Kier alpha value is -3.22. The highest BCUT2D eigenvalue weighted by Crippen LogP contribution is 2.43. The highest BCUT2D eigenvalue weighted by Gasteiger charge is 2.20. The molecule has 0 N–H and O–H groups in total. The van der Waals surface area contributed by atoms with E-state index in [4.69, 9.17) is 14.2 Å². The van der Waals surface area contributed by atoms with Crippen molar-refractivity contribution in [2.24, 2.45) is 0 Å². The minimum atomic E-state index is -0.783. The summed E-state index contributed by atoms with van der Waals surface area (Å²) in [7, 11) is 0. The van der Waals surface area contributed by atoms with Crippen molar-refractivity contribution in [2.75, 3.05) is 0 Å². The molecule has 0 saturated carbocycles. The van der Waals surface area contributed by atoms with Crippen molar-refractivity contribution >= 4 is 0 Å². The molecule has 0 amide bonds. The monoisotopic (exact) mass is 328 g/mol. The van der Waals surface area contributed by atoms with Gasteiger partial charge >= 0.3 is 0 Å². The van der Waals surface area contributed by atoms with Gasteiger partial charge in [-0.2, -0.15) is 0 Å². The van der Waals surface area contributed by atoms with Gasteiger partial charge in [-0.25, -0.2) is 8.78 Å². The summed E-state index contributed by atoms with van der Waals surface area (Å²) in [6, 6.07) is 11.8. The molecular formula is C17H10F2N2O3. The van der Waals surface area contributed by atoms with E-state index >= 15 is 0 Å². The molecule has 5 nitrogen and oxygen atoms in total. The summed E-state index contributed by atoms with van der Waals surface area (Å²) < 4.78 is 43.0. The van der Waals surface area contributed by atoms with Crippen LogP contribution in [-0.2, 0) is 6.61 Å². The summed E-state index contributed by atoms with van der Waals surface area (Å²) in [5, 5.41) is 7.89. The van der Waals surface area contributed by atoms with Gasteiger partial charge in [-0.3, -0.25) is 0 Å². The van der Waals surface area contributed by atoms with Crippen LogP contribution in [-0.4, -0.2) is 10.2 Å². The van der Waals surface area contributed by atoms with E-state index < -0.39 is 11.6 Å². The molecule has 1 aliphatic rings. The van der Waals surface area contributed by atoms with Gasteiger partial charge in [0.25, 0.3) is 5.88 Å². The fraction of sp³-hybridized carbons (Fsp3) is 0.0588. The average Bonchev–Trinajstić information content (AvgIpc) is 2.59. The average molecular weight is 328 g/mol. The fourth-order valence-electron chi connectivity index (χ4n) is 2.20. The highest BCUT2D eigenvalue weighted by atomic mass is 19.1. The van der Waals surface area contributed by atoms with Crippen molar-refractivity contribution in [3.63, 3.8) is 0 Å². The second-order valence-corrected chi connectivity index (χ2v) is 5.02. The first-order valence-electron chi connectivity index (χ1n) is 7.08. The van der Waals surface area contributed by atoms with Crippen molar-refractivity contribution < 1.29 is 23.0 Å². The number of para-hydroxylation sites is 2. The molecule has 0 aliphatic carbocycles. The number of aromatic nitrogens is 2. The molecule has 24 heavy (non-hydrogen) atoms. The van der Waals surface area contributed by atoms with E-state index in [1.807, 2.05) is 12.1 Å². The number of fused-ring (bicyclic) bond motifs is 2. The van der Waals surface area contributed by atoms with Crippen LogP contribution < -0.4 is 14.2 Å². The van der Waals surface area contributed by atoms with E-state index in [0.29, 0.717) is 22.9 Å². The van der Waals surface area contributed by atoms with Crippen LogP contribution in [0.3, 0.4) is 0 Å². The van der Waals surface area contributed by atoms with Gasteiger partial charge in [0.2, 0.25) is 0 Å². The van der Waals surface area contributed by atoms with E-state index in [1.165, 1.54) is 6.07 Å². The predicted molar refractivity (Wildman–Crippen MR) is 79.3 cm³/mol. The van der Waals surface area contributed by atoms with Crippen LogP contribution in [0.2, 0.25) is 0 Å². The van der Waals surface area contributed by atoms with Crippen molar-refractivity contribution in [3.05, 3.63) is 65.9 Å². The van der Waals surface area contributed by atoms with E-state index in [-0.39, 0.29) is 18.2 Å². The van der Waals surface area contributed by atoms with Crippen molar-refractivity contribution in [1.29, 1.82) is 0 Å². The molecule has 0 atom stereocenters. The molecule has 2 aromatic carbocycles. The van der Waals surface area contributed by atoms with Gasteiger partial charge in [0.15, 0.2) is 28.8 Å². The summed E-state index contributed by atoms with van der Waals surface area (Å²) in [5.74, 6) is 0.226. The summed E-state index contributed by atoms with van der Waals surface area (Å²) >= 11 is 0. The third-order valence-corrected chi connectivity index (χ3v) is 3.32. The first kappa shape index (κ1) is 14.4. The van der Waals surface area contributed by atoms with E-state index in [0.717, 1.165) is 12.1 Å². The third-order valence-electron chi connectivity index (χ3n) is 3.32. The molecule has 4 rings (SSSR count). The first-order valence-corrected chi connectivity index (χ1v) is 7.08. The second-order valence-electron chi connectivity index (χ2n) is 5.02. The number of halogens is 2. The Balaban J connectivity index is 1.52. The zero-order valence-electron chi connectivity index (χ0n) is 12.2. The van der Waals surface area contributed by atoms with E-state index in [1.54, 1.807) is 18.2 Å². The standard InChI is InChI=1S/C17H10F2N2O3/c18-10-5-6-13(12(19)7-10)22-9-11-8-16-17(21-20-11)24-15-4-2-1-3-14(15)23-16/h1-8H,9H2. The molecule has 0 radical (unpaired) electrons. The van der Waals surface area contributed by atoms with Gasteiger partial charge in [-0.15, -0.1) is 10.2 Å². The SMILES string of the molecule is Fc1ccc(OCc2cc3c(nn2)Oc2ccccc2O3)c(F)c1. The van der Waals surface area contributed by atoms with Gasteiger partial charge in [0, 0.05) is 12.1 Å². The maximum Gasteiger partial charge on any atom is 0.282 e. The van der Waals surface area contributed by atoms with Crippen LogP contribution >= 0.6 is 0 Å². The minimum Gasteiger partial charge on any atom is -0.484 e. The maximum absolute atomic E-state index is 13.5. The zero-order valence-corrected chi connectivity index (χ0v) is 12.2. The van der Waals surface area contributed by atoms with E-state index in [9.17, 15) is 8.78 Å². The number of nitrogens with zero attached hydrogens (tertiary/aromatic N) is 2. The fourth-order valence-corrected chi connectivity index (χ4v) is 2.20. The molecule has 120 valence electrons. The second kappa shape index (κ2) is 5.77. The van der Waals surface area contributed by atoms with E-state index in [2.05, 4.69) is 10.2 Å². The maximum atomic E-state index is 13.5. The van der Waals surface area contributed by atoms with Crippen LogP contribution in [0.1, 0.15) is 5.69 Å². The van der Waals surface area contributed by atoms with Gasteiger partial charge in [0.1, 0.15) is 18.1 Å². The third kappa shape index (κ3) is 2.71. The summed E-state index contributed by atoms with van der Waals surface area (Å²) in [6.45, 7) is -0.0478. The summed E-state index contributed by atoms with van der Waals surface area (Å²) in [5.41, 5.74) is 0.417. The number of ether oxygens (including phenoxy) is 3. The van der Waals surface area contributed by atoms with Crippen LogP contribution in [0.15, 0.2) is 48.5 Å². The van der Waals surface area contributed by atoms with Crippen molar-refractivity contribution in [3.8, 4) is 28.9 Å². The van der Waals surface area contributed by atoms with Crippen molar-refractivity contribution in [1.82, 2.24) is 10.2 Å². The zero-order chi connectivity index (χ0) is 16.5. The Labute approximate surface area is 135 Å². The Morgan fingerprint density at radius 2 is 1.67 bits per heavy atom. The number of hydrogen-bond acceptors (Lipinski definition) is 5. The predicted octanol–water partition coefficient (Wildman–Crippen LogP) is 4.23. The van der Waals surface area contributed by atoms with Crippen molar-refractivity contribution in [2.45, 2.75) is 6.61 Å². The Morgan fingerprint density at radius 3 is 2.46 bits per heavy atom. The topological polar surface area (TPSA) is 53.5 Å². The molecule has 3 aromatic rings. The molecular weight excluding hydrogens is 318 g/mol. The lowest BCUT2D eigenvalue weighted by Crippen LogP contribution is -2.06. The molecule has 1 aliphatic heterocycles. The Bertz CT molecular complexity index is 918.